The number of aromatic nitrogens is 1. The molecule has 0 amide bonds. The first-order valence-electron chi connectivity index (χ1n) is 7.84. The van der Waals surface area contributed by atoms with E-state index in [0.29, 0.717) is 12.8 Å². The molecule has 3 aromatic rings. The van der Waals surface area contributed by atoms with E-state index in [-0.39, 0.29) is 5.78 Å². The Kier molecular flexibility index (Phi) is 5.48. The number of carbonyl (C=O) groups is 1. The van der Waals surface area contributed by atoms with Crippen LogP contribution in [-0.2, 0) is 17.6 Å². The largest absolute Gasteiger partial charge is 0.299 e. The van der Waals surface area contributed by atoms with Gasteiger partial charge in [-0.3, -0.25) is 4.79 Å². The molecule has 0 aliphatic rings. The highest BCUT2D eigenvalue weighted by atomic mass is 32.2. The van der Waals surface area contributed by atoms with Gasteiger partial charge in [-0.15, -0.1) is 11.3 Å². The van der Waals surface area contributed by atoms with Gasteiger partial charge in [-0.2, -0.15) is 0 Å². The van der Waals surface area contributed by atoms with Crippen molar-refractivity contribution in [1.29, 1.82) is 0 Å². The topological polar surface area (TPSA) is 30.0 Å². The molecule has 0 atom stereocenters. The third kappa shape index (κ3) is 4.56. The molecule has 0 aliphatic heterocycles. The summed E-state index contributed by atoms with van der Waals surface area (Å²) in [5, 5.41) is 2.80. The Morgan fingerprint density at radius 2 is 1.83 bits per heavy atom. The summed E-state index contributed by atoms with van der Waals surface area (Å²) in [7, 11) is 0. The summed E-state index contributed by atoms with van der Waals surface area (Å²) < 4.78 is 0. The highest BCUT2D eigenvalue weighted by Crippen LogP contribution is 2.32. The summed E-state index contributed by atoms with van der Waals surface area (Å²) in [4.78, 5) is 18.9. The van der Waals surface area contributed by atoms with Crippen molar-refractivity contribution in [3.63, 3.8) is 0 Å². The molecule has 0 N–H and O–H groups in total. The van der Waals surface area contributed by atoms with Gasteiger partial charge in [0.15, 0.2) is 0 Å². The standard InChI is InChI=1S/C20H19NOS2/c1-14-9-15(2)11-18(10-14)24-19-6-4-3-5-16(19)12-17(22)13-20-21-7-8-23-20/h3-11H,12-13H2,1-2H3. The molecule has 4 heteroatoms. The molecule has 0 aliphatic carbocycles. The van der Waals surface area contributed by atoms with Crippen molar-refractivity contribution in [1.82, 2.24) is 4.98 Å². The van der Waals surface area contributed by atoms with Crippen LogP contribution in [0.25, 0.3) is 0 Å². The van der Waals surface area contributed by atoms with E-state index in [2.05, 4.69) is 43.1 Å². The zero-order valence-electron chi connectivity index (χ0n) is 13.8. The molecule has 0 saturated heterocycles. The van der Waals surface area contributed by atoms with Gasteiger partial charge in [0.05, 0.1) is 11.4 Å². The number of thiazole rings is 1. The van der Waals surface area contributed by atoms with E-state index >= 15 is 0 Å². The molecule has 0 unspecified atom stereocenters. The van der Waals surface area contributed by atoms with Crippen molar-refractivity contribution in [2.75, 3.05) is 0 Å². The summed E-state index contributed by atoms with van der Waals surface area (Å²) in [6.07, 6.45) is 2.62. The summed E-state index contributed by atoms with van der Waals surface area (Å²) >= 11 is 3.26. The third-order valence-electron chi connectivity index (χ3n) is 3.62. The summed E-state index contributed by atoms with van der Waals surface area (Å²) in [6, 6.07) is 14.7. The van der Waals surface area contributed by atoms with Gasteiger partial charge >= 0.3 is 0 Å². The minimum absolute atomic E-state index is 0.207. The molecule has 1 aromatic heterocycles. The van der Waals surface area contributed by atoms with Gasteiger partial charge in [0.1, 0.15) is 5.78 Å². The average molecular weight is 354 g/mol. The molecule has 0 fully saturated rings. The lowest BCUT2D eigenvalue weighted by Crippen LogP contribution is -2.07. The Morgan fingerprint density at radius 1 is 1.08 bits per heavy atom. The Bertz CT molecular complexity index is 820. The molecular weight excluding hydrogens is 334 g/mol. The van der Waals surface area contributed by atoms with Gasteiger partial charge in [0.25, 0.3) is 0 Å². The molecular formula is C20H19NOS2. The number of ketones is 1. The molecule has 122 valence electrons. The van der Waals surface area contributed by atoms with E-state index in [1.807, 2.05) is 23.6 Å². The molecule has 3 rings (SSSR count). The number of hydrogen-bond donors (Lipinski definition) is 0. The number of rotatable bonds is 6. The van der Waals surface area contributed by atoms with E-state index in [1.54, 1.807) is 18.0 Å². The summed E-state index contributed by atoms with van der Waals surface area (Å²) in [6.45, 7) is 4.22. The van der Waals surface area contributed by atoms with Gasteiger partial charge in [0, 0.05) is 27.8 Å². The zero-order valence-corrected chi connectivity index (χ0v) is 15.4. The lowest BCUT2D eigenvalue weighted by Gasteiger charge is -2.10. The van der Waals surface area contributed by atoms with E-state index in [9.17, 15) is 4.79 Å². The first-order valence-corrected chi connectivity index (χ1v) is 9.54. The molecule has 2 nitrogen and oxygen atoms in total. The highest BCUT2D eigenvalue weighted by molar-refractivity contribution is 7.99. The fourth-order valence-corrected chi connectivity index (χ4v) is 4.46. The molecule has 0 bridgehead atoms. The first kappa shape index (κ1) is 16.9. The van der Waals surface area contributed by atoms with Crippen molar-refractivity contribution in [2.45, 2.75) is 36.5 Å². The highest BCUT2D eigenvalue weighted by Gasteiger charge is 2.11. The van der Waals surface area contributed by atoms with Gasteiger partial charge in [-0.25, -0.2) is 4.98 Å². The maximum absolute atomic E-state index is 12.4. The van der Waals surface area contributed by atoms with Crippen LogP contribution in [0, 0.1) is 13.8 Å². The molecule has 0 saturated carbocycles. The van der Waals surface area contributed by atoms with Crippen LogP contribution in [-0.4, -0.2) is 10.8 Å². The number of benzene rings is 2. The second-order valence-electron chi connectivity index (χ2n) is 5.85. The number of carbonyl (C=O) groups excluding carboxylic acids is 1. The van der Waals surface area contributed by atoms with Gasteiger partial charge in [0.2, 0.25) is 0 Å². The number of nitrogens with zero attached hydrogens (tertiary/aromatic N) is 1. The Morgan fingerprint density at radius 3 is 2.54 bits per heavy atom. The second-order valence-corrected chi connectivity index (χ2v) is 7.95. The Hall–Kier alpha value is -1.91. The Balaban J connectivity index is 1.76. The molecule has 2 aromatic carbocycles. The average Bonchev–Trinajstić information content (AvgIpc) is 3.01. The SMILES string of the molecule is Cc1cc(C)cc(Sc2ccccc2CC(=O)Cc2nccs2)c1. The van der Waals surface area contributed by atoms with Crippen molar-refractivity contribution in [3.8, 4) is 0 Å². The predicted octanol–water partition coefficient (Wildman–Crippen LogP) is 5.27. The molecule has 0 radical (unpaired) electrons. The normalized spacial score (nSPS) is 10.8. The van der Waals surface area contributed by atoms with E-state index in [0.717, 1.165) is 15.5 Å². The van der Waals surface area contributed by atoms with Crippen LogP contribution < -0.4 is 0 Å². The Labute approximate surface area is 151 Å². The minimum atomic E-state index is 0.207. The van der Waals surface area contributed by atoms with Crippen molar-refractivity contribution >= 4 is 28.9 Å². The minimum Gasteiger partial charge on any atom is -0.299 e. The first-order chi connectivity index (χ1) is 11.6. The van der Waals surface area contributed by atoms with Crippen molar-refractivity contribution in [2.24, 2.45) is 0 Å². The molecule has 24 heavy (non-hydrogen) atoms. The van der Waals surface area contributed by atoms with E-state index in [4.69, 9.17) is 0 Å². The van der Waals surface area contributed by atoms with Gasteiger partial charge < -0.3 is 0 Å². The van der Waals surface area contributed by atoms with Crippen LogP contribution in [0.15, 0.2) is 63.8 Å². The maximum atomic E-state index is 12.4. The fraction of sp³-hybridized carbons (Fsp3) is 0.200. The fourth-order valence-electron chi connectivity index (χ4n) is 2.65. The molecule has 1 heterocycles. The predicted molar refractivity (Wildman–Crippen MR) is 101 cm³/mol. The second kappa shape index (κ2) is 7.77. The van der Waals surface area contributed by atoms with Crippen LogP contribution in [0.1, 0.15) is 21.7 Å². The molecule has 0 spiro atoms. The van der Waals surface area contributed by atoms with Gasteiger partial charge in [-0.05, 0) is 48.7 Å². The van der Waals surface area contributed by atoms with Crippen LogP contribution in [0.4, 0.5) is 0 Å². The summed E-state index contributed by atoms with van der Waals surface area (Å²) in [5.41, 5.74) is 3.60. The van der Waals surface area contributed by atoms with Crippen LogP contribution in [0.3, 0.4) is 0 Å². The van der Waals surface area contributed by atoms with E-state index < -0.39 is 0 Å². The lowest BCUT2D eigenvalue weighted by molar-refractivity contribution is -0.117. The number of Topliss-reactive ketones (excluding diaryl/α,β-unsaturated/α-hetero) is 1. The lowest BCUT2D eigenvalue weighted by atomic mass is 10.1. The van der Waals surface area contributed by atoms with Crippen LogP contribution >= 0.6 is 23.1 Å². The maximum Gasteiger partial charge on any atom is 0.144 e. The quantitative estimate of drug-likeness (QED) is 0.605. The van der Waals surface area contributed by atoms with Crippen LogP contribution in [0.2, 0.25) is 0 Å². The van der Waals surface area contributed by atoms with Crippen molar-refractivity contribution < 1.29 is 4.79 Å². The van der Waals surface area contributed by atoms with Crippen molar-refractivity contribution in [3.05, 3.63) is 75.7 Å². The van der Waals surface area contributed by atoms with Crippen LogP contribution in [0.5, 0.6) is 0 Å². The van der Waals surface area contributed by atoms with E-state index in [1.165, 1.54) is 27.4 Å². The summed E-state index contributed by atoms with van der Waals surface area (Å²) in [5.74, 6) is 0.207. The monoisotopic (exact) mass is 353 g/mol. The third-order valence-corrected chi connectivity index (χ3v) is 5.48. The smallest absolute Gasteiger partial charge is 0.144 e. The van der Waals surface area contributed by atoms with Gasteiger partial charge in [-0.1, -0.05) is 36.0 Å². The number of aryl methyl sites for hydroxylation is 2. The number of hydrogen-bond acceptors (Lipinski definition) is 4. The zero-order chi connectivity index (χ0) is 16.9.